The van der Waals surface area contributed by atoms with Gasteiger partial charge in [-0.1, -0.05) is 41.5 Å². The predicted octanol–water partition coefficient (Wildman–Crippen LogP) is 3.07. The quantitative estimate of drug-likeness (QED) is 0.404. The third-order valence-electron chi connectivity index (χ3n) is 4.65. The summed E-state index contributed by atoms with van der Waals surface area (Å²) in [5.41, 5.74) is 0.977. The smallest absolute Gasteiger partial charge is 0.257 e. The van der Waals surface area contributed by atoms with E-state index in [1.165, 1.54) is 41.5 Å². The van der Waals surface area contributed by atoms with Crippen molar-refractivity contribution in [3.05, 3.63) is 71.4 Å². The molecule has 1 N–H and O–H groups in total. The minimum Gasteiger partial charge on any atom is -0.617 e. The van der Waals surface area contributed by atoms with Crippen LogP contribution in [0.2, 0.25) is 0 Å². The predicted molar refractivity (Wildman–Crippen MR) is 129 cm³/mol. The van der Waals surface area contributed by atoms with Gasteiger partial charge < -0.3 is 9.45 Å². The zero-order chi connectivity index (χ0) is 24.6. The van der Waals surface area contributed by atoms with Crippen LogP contribution in [-0.2, 0) is 30.8 Å². The van der Waals surface area contributed by atoms with Crippen molar-refractivity contribution in [2.75, 3.05) is 16.9 Å². The molecule has 7 nitrogen and oxygen atoms in total. The van der Waals surface area contributed by atoms with E-state index >= 15 is 0 Å². The lowest BCUT2D eigenvalue weighted by Crippen LogP contribution is -2.48. The first-order valence-corrected chi connectivity index (χ1v) is 13.5. The zero-order valence-corrected chi connectivity index (χ0v) is 20.2. The minimum absolute atomic E-state index is 0.0269. The molecule has 0 fully saturated rings. The zero-order valence-electron chi connectivity index (χ0n) is 18.6. The van der Waals surface area contributed by atoms with Crippen LogP contribution in [-0.4, -0.2) is 42.8 Å². The van der Waals surface area contributed by atoms with Crippen molar-refractivity contribution >= 4 is 44.8 Å². The Morgan fingerprint density at radius 3 is 2.27 bits per heavy atom. The van der Waals surface area contributed by atoms with Crippen molar-refractivity contribution in [1.82, 2.24) is 4.72 Å². The monoisotopic (exact) mass is 494 g/mol. The molecule has 0 aliphatic carbocycles. The van der Waals surface area contributed by atoms with Crippen molar-refractivity contribution < 1.29 is 27.0 Å². The number of sulfonamides is 1. The van der Waals surface area contributed by atoms with Gasteiger partial charge in [0.25, 0.3) is 10.0 Å². The van der Waals surface area contributed by atoms with E-state index in [1.54, 1.807) is 44.2 Å². The number of amides is 2. The molecule has 0 aromatic heterocycles. The first kappa shape index (κ1) is 26.6. The van der Waals surface area contributed by atoms with E-state index < -0.39 is 50.8 Å². The van der Waals surface area contributed by atoms with Gasteiger partial charge in [-0.3, -0.25) is 9.59 Å². The van der Waals surface area contributed by atoms with Gasteiger partial charge in [0, 0.05) is 18.2 Å². The number of nitrogens with zero attached hydrogens (tertiary/aromatic N) is 1. The van der Waals surface area contributed by atoms with Crippen LogP contribution < -0.4 is 9.62 Å². The molecule has 2 atom stereocenters. The van der Waals surface area contributed by atoms with Crippen LogP contribution in [0.15, 0.2) is 60.0 Å². The average molecular weight is 495 g/mol. The third kappa shape index (κ3) is 8.30. The van der Waals surface area contributed by atoms with Crippen molar-refractivity contribution in [1.29, 1.82) is 0 Å². The minimum atomic E-state index is -4.19. The van der Waals surface area contributed by atoms with Gasteiger partial charge in [0.1, 0.15) is 17.5 Å². The lowest BCUT2D eigenvalue weighted by atomic mass is 10.0. The Balaban J connectivity index is 2.29. The van der Waals surface area contributed by atoms with Gasteiger partial charge in [-0.15, -0.1) is 0 Å². The third-order valence-corrected chi connectivity index (χ3v) is 6.44. The second kappa shape index (κ2) is 12.0. The van der Waals surface area contributed by atoms with Crippen molar-refractivity contribution in [2.45, 2.75) is 26.3 Å². The van der Waals surface area contributed by atoms with Gasteiger partial charge in [-0.05, 0) is 49.8 Å². The number of anilines is 1. The highest BCUT2D eigenvalue weighted by atomic mass is 32.2. The van der Waals surface area contributed by atoms with Crippen LogP contribution in [0.5, 0.6) is 0 Å². The molecule has 2 aromatic carbocycles. The summed E-state index contributed by atoms with van der Waals surface area (Å²) in [4.78, 5) is 27.6. The Bertz CT molecular complexity index is 1070. The Morgan fingerprint density at radius 2 is 1.73 bits per heavy atom. The maximum Gasteiger partial charge on any atom is 0.257 e. The van der Waals surface area contributed by atoms with Crippen molar-refractivity contribution in [2.24, 2.45) is 5.92 Å². The standard InChI is InChI=1S/C23H27FN2O5S2/c1-17(2)26(20-11-9-19(24)10-12-20)23(28)21(13-15-32(3)29)22(27)25-33(30,31)16-14-18-7-5-4-6-8-18/h4-12,14,16-17,21H,13,15H2,1-3H3,(H,25,27)/b16-14+. The summed E-state index contributed by atoms with van der Waals surface area (Å²) < 4.78 is 51.8. The molecule has 10 heteroatoms. The fourth-order valence-corrected chi connectivity index (χ4v) is 4.47. The topological polar surface area (TPSA) is 107 Å². The summed E-state index contributed by atoms with van der Waals surface area (Å²) in [6.45, 7) is 3.43. The van der Waals surface area contributed by atoms with Gasteiger partial charge in [0.05, 0.1) is 11.7 Å². The molecule has 178 valence electrons. The molecule has 2 rings (SSSR count). The second-order valence-electron chi connectivity index (χ2n) is 7.62. The molecule has 0 heterocycles. The van der Waals surface area contributed by atoms with Crippen LogP contribution >= 0.6 is 0 Å². The van der Waals surface area contributed by atoms with Crippen LogP contribution in [0.3, 0.4) is 0 Å². The molecule has 2 aromatic rings. The highest BCUT2D eigenvalue weighted by molar-refractivity contribution is 7.93. The lowest BCUT2D eigenvalue weighted by molar-refractivity contribution is -0.132. The Morgan fingerprint density at radius 1 is 1.12 bits per heavy atom. The number of carbonyl (C=O) groups is 2. The number of nitrogens with one attached hydrogen (secondary N) is 1. The average Bonchev–Trinajstić information content (AvgIpc) is 2.74. The van der Waals surface area contributed by atoms with E-state index in [0.717, 1.165) is 5.41 Å². The van der Waals surface area contributed by atoms with E-state index in [0.29, 0.717) is 11.3 Å². The van der Waals surface area contributed by atoms with Gasteiger partial charge in [-0.2, -0.15) is 0 Å². The Kier molecular flexibility index (Phi) is 9.63. The fraction of sp³-hybridized carbons (Fsp3) is 0.304. The van der Waals surface area contributed by atoms with Gasteiger partial charge in [0.2, 0.25) is 11.8 Å². The van der Waals surface area contributed by atoms with Crippen molar-refractivity contribution in [3.8, 4) is 0 Å². The number of hydrogen-bond acceptors (Lipinski definition) is 5. The Hall–Kier alpha value is -2.69. The van der Waals surface area contributed by atoms with Crippen molar-refractivity contribution in [3.63, 3.8) is 0 Å². The van der Waals surface area contributed by atoms with E-state index in [-0.39, 0.29) is 12.2 Å². The molecule has 0 radical (unpaired) electrons. The van der Waals surface area contributed by atoms with E-state index in [4.69, 9.17) is 0 Å². The fourth-order valence-electron chi connectivity index (χ4n) is 3.08. The van der Waals surface area contributed by atoms with E-state index in [1.807, 2.05) is 4.72 Å². The largest absolute Gasteiger partial charge is 0.617 e. The lowest BCUT2D eigenvalue weighted by Gasteiger charge is -2.30. The summed E-state index contributed by atoms with van der Waals surface area (Å²) in [6.07, 6.45) is 2.64. The number of benzene rings is 2. The van der Waals surface area contributed by atoms with Gasteiger partial charge >= 0.3 is 0 Å². The van der Waals surface area contributed by atoms with Crippen LogP contribution in [0.4, 0.5) is 10.1 Å². The molecular weight excluding hydrogens is 467 g/mol. The first-order valence-electron chi connectivity index (χ1n) is 10.2. The van der Waals surface area contributed by atoms with Crippen LogP contribution in [0.1, 0.15) is 25.8 Å². The summed E-state index contributed by atoms with van der Waals surface area (Å²) >= 11 is -1.31. The maximum absolute atomic E-state index is 13.4. The molecular formula is C23H27FN2O5S2. The summed E-state index contributed by atoms with van der Waals surface area (Å²) in [7, 11) is -4.19. The molecule has 0 aliphatic heterocycles. The number of halogens is 1. The highest BCUT2D eigenvalue weighted by Gasteiger charge is 2.35. The van der Waals surface area contributed by atoms with E-state index in [2.05, 4.69) is 0 Å². The van der Waals surface area contributed by atoms with Gasteiger partial charge in [-0.25, -0.2) is 17.5 Å². The highest BCUT2D eigenvalue weighted by Crippen LogP contribution is 2.22. The molecule has 0 saturated heterocycles. The molecule has 0 aliphatic rings. The molecule has 0 spiro atoms. The number of carbonyl (C=O) groups excluding carboxylic acids is 2. The SMILES string of the molecule is CC(C)N(C(=O)C(CC[S+](C)[O-])C(=O)NS(=O)(=O)/C=C/c1ccccc1)c1ccc(F)cc1. The molecule has 0 saturated carbocycles. The molecule has 33 heavy (non-hydrogen) atoms. The number of hydrogen-bond donors (Lipinski definition) is 1. The molecule has 2 unspecified atom stereocenters. The molecule has 2 amide bonds. The van der Waals surface area contributed by atoms with E-state index in [9.17, 15) is 27.0 Å². The second-order valence-corrected chi connectivity index (χ2v) is 10.7. The first-order chi connectivity index (χ1) is 15.5. The number of rotatable bonds is 10. The normalized spacial score (nSPS) is 13.6. The Labute approximate surface area is 196 Å². The summed E-state index contributed by atoms with van der Waals surface area (Å²) in [5.74, 6) is -3.54. The van der Waals surface area contributed by atoms with Gasteiger partial charge in [0.15, 0.2) is 0 Å². The summed E-state index contributed by atoms with van der Waals surface area (Å²) in [6, 6.07) is 13.4. The molecule has 0 bridgehead atoms. The summed E-state index contributed by atoms with van der Waals surface area (Å²) in [5, 5.41) is 0.847. The van der Waals surface area contributed by atoms with Crippen LogP contribution in [0, 0.1) is 11.7 Å². The van der Waals surface area contributed by atoms with Crippen LogP contribution in [0.25, 0.3) is 6.08 Å². The maximum atomic E-state index is 13.4.